The van der Waals surface area contributed by atoms with E-state index in [1.165, 1.54) is 7.11 Å². The average Bonchev–Trinajstić information content (AvgIpc) is 2.82. The zero-order valence-corrected chi connectivity index (χ0v) is 8.38. The molecule has 0 unspecified atom stereocenters. The van der Waals surface area contributed by atoms with E-state index in [-0.39, 0.29) is 5.97 Å². The zero-order valence-electron chi connectivity index (χ0n) is 8.38. The minimum atomic E-state index is -0.316. The van der Waals surface area contributed by atoms with Crippen molar-refractivity contribution >= 4 is 5.97 Å². The Balaban J connectivity index is 2.39. The van der Waals surface area contributed by atoms with Crippen LogP contribution < -0.4 is 0 Å². The summed E-state index contributed by atoms with van der Waals surface area (Å²) >= 11 is 0. The molecule has 76 valence electrons. The number of hydrogen-bond acceptors (Lipinski definition) is 2. The third-order valence-electron chi connectivity index (χ3n) is 2.17. The Morgan fingerprint density at radius 2 is 1.93 bits per heavy atom. The van der Waals surface area contributed by atoms with Crippen LogP contribution in [0.2, 0.25) is 0 Å². The molecular formula is C12H11NO2. The Kier molecular flexibility index (Phi) is 2.54. The quantitative estimate of drug-likeness (QED) is 0.698. The van der Waals surface area contributed by atoms with E-state index in [9.17, 15) is 4.79 Å². The highest BCUT2D eigenvalue weighted by atomic mass is 16.5. The molecule has 2 rings (SSSR count). The van der Waals surface area contributed by atoms with E-state index in [4.69, 9.17) is 0 Å². The minimum Gasteiger partial charge on any atom is -0.465 e. The SMILES string of the molecule is COC(=O)c1cccc(-n2cccc2)c1. The van der Waals surface area contributed by atoms with Gasteiger partial charge in [0.25, 0.3) is 0 Å². The molecule has 0 radical (unpaired) electrons. The predicted octanol–water partition coefficient (Wildman–Crippen LogP) is 2.26. The van der Waals surface area contributed by atoms with Crippen molar-refractivity contribution in [2.75, 3.05) is 7.11 Å². The van der Waals surface area contributed by atoms with Crippen molar-refractivity contribution in [2.24, 2.45) is 0 Å². The topological polar surface area (TPSA) is 31.2 Å². The van der Waals surface area contributed by atoms with Gasteiger partial charge in [-0.15, -0.1) is 0 Å². The van der Waals surface area contributed by atoms with Crippen LogP contribution in [0.25, 0.3) is 5.69 Å². The number of hydrogen-bond donors (Lipinski definition) is 0. The predicted molar refractivity (Wildman–Crippen MR) is 57.1 cm³/mol. The van der Waals surface area contributed by atoms with Crippen molar-refractivity contribution in [3.8, 4) is 5.69 Å². The minimum absolute atomic E-state index is 0.316. The maximum absolute atomic E-state index is 11.3. The van der Waals surface area contributed by atoms with Gasteiger partial charge in [0.1, 0.15) is 0 Å². The Morgan fingerprint density at radius 1 is 1.20 bits per heavy atom. The summed E-state index contributed by atoms with van der Waals surface area (Å²) < 4.78 is 6.60. The van der Waals surface area contributed by atoms with Crippen LogP contribution in [0.15, 0.2) is 48.8 Å². The summed E-state index contributed by atoms with van der Waals surface area (Å²) in [5.74, 6) is -0.316. The number of nitrogens with zero attached hydrogens (tertiary/aromatic N) is 1. The van der Waals surface area contributed by atoms with Gasteiger partial charge in [-0.25, -0.2) is 4.79 Å². The van der Waals surface area contributed by atoms with Crippen LogP contribution in [-0.4, -0.2) is 17.6 Å². The zero-order chi connectivity index (χ0) is 10.7. The van der Waals surface area contributed by atoms with Crippen molar-refractivity contribution in [3.05, 3.63) is 54.4 Å². The molecule has 15 heavy (non-hydrogen) atoms. The van der Waals surface area contributed by atoms with E-state index in [1.807, 2.05) is 41.2 Å². The van der Waals surface area contributed by atoms with Gasteiger partial charge in [0, 0.05) is 18.1 Å². The molecule has 1 aromatic carbocycles. The molecule has 0 aliphatic carbocycles. The molecule has 0 aliphatic rings. The smallest absolute Gasteiger partial charge is 0.337 e. The molecule has 0 spiro atoms. The van der Waals surface area contributed by atoms with Crippen LogP contribution in [0, 0.1) is 0 Å². The lowest BCUT2D eigenvalue weighted by molar-refractivity contribution is 0.0600. The second kappa shape index (κ2) is 4.00. The Labute approximate surface area is 87.9 Å². The molecular weight excluding hydrogens is 190 g/mol. The molecule has 3 nitrogen and oxygen atoms in total. The van der Waals surface area contributed by atoms with E-state index in [0.717, 1.165) is 5.69 Å². The first kappa shape index (κ1) is 9.52. The van der Waals surface area contributed by atoms with Gasteiger partial charge in [-0.05, 0) is 30.3 Å². The number of aromatic nitrogens is 1. The fraction of sp³-hybridized carbons (Fsp3) is 0.0833. The normalized spacial score (nSPS) is 9.93. The first-order valence-corrected chi connectivity index (χ1v) is 4.63. The standard InChI is InChI=1S/C12H11NO2/c1-15-12(14)10-5-4-6-11(9-10)13-7-2-3-8-13/h2-9H,1H3. The lowest BCUT2D eigenvalue weighted by Crippen LogP contribution is -2.02. The van der Waals surface area contributed by atoms with Crippen LogP contribution >= 0.6 is 0 Å². The van der Waals surface area contributed by atoms with Gasteiger partial charge in [0.05, 0.1) is 12.7 Å². The number of carbonyl (C=O) groups excluding carboxylic acids is 1. The van der Waals surface area contributed by atoms with Gasteiger partial charge in [-0.3, -0.25) is 0 Å². The first-order chi connectivity index (χ1) is 7.31. The van der Waals surface area contributed by atoms with Gasteiger partial charge in [0.15, 0.2) is 0 Å². The largest absolute Gasteiger partial charge is 0.465 e. The van der Waals surface area contributed by atoms with Crippen molar-refractivity contribution in [1.29, 1.82) is 0 Å². The van der Waals surface area contributed by atoms with Crippen LogP contribution in [0.3, 0.4) is 0 Å². The molecule has 0 amide bonds. The molecule has 0 fully saturated rings. The Morgan fingerprint density at radius 3 is 2.60 bits per heavy atom. The maximum atomic E-state index is 11.3. The molecule has 0 saturated carbocycles. The van der Waals surface area contributed by atoms with Crippen LogP contribution in [0.5, 0.6) is 0 Å². The van der Waals surface area contributed by atoms with E-state index in [0.29, 0.717) is 5.56 Å². The third-order valence-corrected chi connectivity index (χ3v) is 2.17. The van der Waals surface area contributed by atoms with Gasteiger partial charge in [-0.2, -0.15) is 0 Å². The number of carbonyl (C=O) groups is 1. The fourth-order valence-corrected chi connectivity index (χ4v) is 1.42. The monoisotopic (exact) mass is 201 g/mol. The summed E-state index contributed by atoms with van der Waals surface area (Å²) in [6, 6.07) is 11.2. The fourth-order valence-electron chi connectivity index (χ4n) is 1.42. The van der Waals surface area contributed by atoms with Crippen LogP contribution in [0.4, 0.5) is 0 Å². The van der Waals surface area contributed by atoms with Crippen LogP contribution in [0.1, 0.15) is 10.4 Å². The van der Waals surface area contributed by atoms with Gasteiger partial charge in [0.2, 0.25) is 0 Å². The van der Waals surface area contributed by atoms with Crippen molar-refractivity contribution in [2.45, 2.75) is 0 Å². The summed E-state index contributed by atoms with van der Waals surface area (Å²) in [4.78, 5) is 11.3. The van der Waals surface area contributed by atoms with Gasteiger partial charge < -0.3 is 9.30 Å². The average molecular weight is 201 g/mol. The van der Waals surface area contributed by atoms with Crippen LogP contribution in [-0.2, 0) is 4.74 Å². The third kappa shape index (κ3) is 1.91. The van der Waals surface area contributed by atoms with Gasteiger partial charge >= 0.3 is 5.97 Å². The summed E-state index contributed by atoms with van der Waals surface area (Å²) in [7, 11) is 1.38. The second-order valence-corrected chi connectivity index (χ2v) is 3.13. The molecule has 1 aromatic heterocycles. The first-order valence-electron chi connectivity index (χ1n) is 4.63. The van der Waals surface area contributed by atoms with E-state index in [1.54, 1.807) is 12.1 Å². The number of rotatable bonds is 2. The summed E-state index contributed by atoms with van der Waals surface area (Å²) in [5.41, 5.74) is 1.51. The number of ether oxygens (including phenoxy) is 1. The summed E-state index contributed by atoms with van der Waals surface area (Å²) in [6.45, 7) is 0. The van der Waals surface area contributed by atoms with E-state index in [2.05, 4.69) is 4.74 Å². The molecule has 0 atom stereocenters. The molecule has 0 saturated heterocycles. The highest BCUT2D eigenvalue weighted by Gasteiger charge is 2.05. The number of benzene rings is 1. The number of esters is 1. The lowest BCUT2D eigenvalue weighted by atomic mass is 10.2. The number of methoxy groups -OCH3 is 1. The summed E-state index contributed by atoms with van der Waals surface area (Å²) in [6.07, 6.45) is 3.85. The summed E-state index contributed by atoms with van der Waals surface area (Å²) in [5, 5.41) is 0. The maximum Gasteiger partial charge on any atom is 0.337 e. The molecule has 0 aliphatic heterocycles. The Bertz CT molecular complexity index is 460. The highest BCUT2D eigenvalue weighted by Crippen LogP contribution is 2.11. The van der Waals surface area contributed by atoms with Crippen molar-refractivity contribution in [3.63, 3.8) is 0 Å². The van der Waals surface area contributed by atoms with E-state index >= 15 is 0 Å². The molecule has 3 heteroatoms. The molecule has 1 heterocycles. The Hall–Kier alpha value is -2.03. The van der Waals surface area contributed by atoms with Crippen molar-refractivity contribution < 1.29 is 9.53 Å². The van der Waals surface area contributed by atoms with Crippen molar-refractivity contribution in [1.82, 2.24) is 4.57 Å². The molecule has 2 aromatic rings. The van der Waals surface area contributed by atoms with E-state index < -0.39 is 0 Å². The molecule has 0 N–H and O–H groups in total. The highest BCUT2D eigenvalue weighted by molar-refractivity contribution is 5.89. The molecule has 0 bridgehead atoms. The van der Waals surface area contributed by atoms with Gasteiger partial charge in [-0.1, -0.05) is 6.07 Å². The lowest BCUT2D eigenvalue weighted by Gasteiger charge is -2.04. The second-order valence-electron chi connectivity index (χ2n) is 3.13.